The van der Waals surface area contributed by atoms with E-state index in [0.717, 1.165) is 47.5 Å². The fourth-order valence-electron chi connectivity index (χ4n) is 6.23. The van der Waals surface area contributed by atoms with Crippen LogP contribution in [-0.2, 0) is 4.79 Å². The first kappa shape index (κ1) is 25.6. The molecule has 0 atom stereocenters. The summed E-state index contributed by atoms with van der Waals surface area (Å²) in [4.78, 5) is 13.7. The first-order valence-electron chi connectivity index (χ1n) is 12.9. The lowest BCUT2D eigenvalue weighted by molar-refractivity contribution is -0.921. The Kier molecular flexibility index (Phi) is 8.17. The number of ether oxygens (including phenoxy) is 1. The summed E-state index contributed by atoms with van der Waals surface area (Å²) in [6.07, 6.45) is 10.4. The number of rotatable bonds is 5. The van der Waals surface area contributed by atoms with Crippen LogP contribution in [0.15, 0.2) is 36.4 Å². The van der Waals surface area contributed by atoms with Gasteiger partial charge in [-0.3, -0.25) is 4.79 Å². The van der Waals surface area contributed by atoms with Crippen LogP contribution in [-0.4, -0.2) is 40.6 Å². The molecule has 7 heteroatoms. The maximum Gasteiger partial charge on any atom is 0.232 e. The number of fused-ring (bicyclic) bond motifs is 2. The zero-order valence-corrected chi connectivity index (χ0v) is 23.7. The van der Waals surface area contributed by atoms with Crippen LogP contribution in [0.3, 0.4) is 0 Å². The van der Waals surface area contributed by atoms with Crippen molar-refractivity contribution < 1.29 is 14.0 Å². The predicted molar refractivity (Wildman–Crippen MR) is 151 cm³/mol. The van der Waals surface area contributed by atoms with Crippen LogP contribution in [0.2, 0.25) is 10.0 Å². The molecule has 2 aliphatic heterocycles. The largest absolute Gasteiger partial charge is 0.457 e. The SMILES string of the molecule is O=C(NC1CC[N+](CI)(CC2CCCCCC2)CC1)C1c2cc(Cl)ccc2Oc2ccc(Cl)cc21. The average Bonchev–Trinajstić information content (AvgIpc) is 3.12. The molecule has 0 unspecified atom stereocenters. The smallest absolute Gasteiger partial charge is 0.232 e. The Hall–Kier alpha value is -1.02. The van der Waals surface area contributed by atoms with E-state index in [1.54, 1.807) is 12.1 Å². The van der Waals surface area contributed by atoms with Crippen LogP contribution >= 0.6 is 45.8 Å². The molecule has 1 saturated heterocycles. The summed E-state index contributed by atoms with van der Waals surface area (Å²) >= 11 is 15.2. The molecule has 35 heavy (non-hydrogen) atoms. The summed E-state index contributed by atoms with van der Waals surface area (Å²) in [6, 6.07) is 11.2. The van der Waals surface area contributed by atoms with Gasteiger partial charge in [0.2, 0.25) is 5.91 Å². The molecular formula is C28H34Cl2IN2O2+. The Balaban J connectivity index is 1.29. The van der Waals surface area contributed by atoms with Crippen molar-refractivity contribution in [3.05, 3.63) is 57.6 Å². The van der Waals surface area contributed by atoms with Gasteiger partial charge in [-0.25, -0.2) is 0 Å². The van der Waals surface area contributed by atoms with E-state index in [2.05, 4.69) is 27.9 Å². The Morgan fingerprint density at radius 2 is 1.49 bits per heavy atom. The number of halogens is 3. The zero-order valence-electron chi connectivity index (χ0n) is 20.1. The Morgan fingerprint density at radius 3 is 2.03 bits per heavy atom. The molecule has 1 N–H and O–H groups in total. The molecule has 0 radical (unpaired) electrons. The Labute approximate surface area is 232 Å². The van der Waals surface area contributed by atoms with Gasteiger partial charge >= 0.3 is 0 Å². The second-order valence-corrected chi connectivity index (χ2v) is 12.2. The molecule has 2 aromatic rings. The van der Waals surface area contributed by atoms with Crippen molar-refractivity contribution in [3.63, 3.8) is 0 Å². The van der Waals surface area contributed by atoms with Crippen molar-refractivity contribution in [2.75, 3.05) is 24.2 Å². The van der Waals surface area contributed by atoms with Crippen molar-refractivity contribution in [2.45, 2.75) is 63.3 Å². The molecule has 0 aromatic heterocycles. The van der Waals surface area contributed by atoms with Crippen molar-refractivity contribution in [1.82, 2.24) is 5.32 Å². The number of amides is 1. The number of likely N-dealkylation sites (tertiary alicyclic amines) is 1. The second kappa shape index (κ2) is 11.2. The number of nitrogens with zero attached hydrogens (tertiary/aromatic N) is 1. The zero-order chi connectivity index (χ0) is 24.4. The molecule has 3 aliphatic rings. The van der Waals surface area contributed by atoms with Gasteiger partial charge in [0.05, 0.1) is 25.6 Å². The molecule has 188 valence electrons. The average molecular weight is 628 g/mol. The van der Waals surface area contributed by atoms with Gasteiger partial charge in [0.1, 0.15) is 16.1 Å². The molecular weight excluding hydrogens is 594 g/mol. The Bertz CT molecular complexity index is 1010. The minimum Gasteiger partial charge on any atom is -0.457 e. The first-order chi connectivity index (χ1) is 17.0. The number of carbonyl (C=O) groups is 1. The normalized spacial score (nSPS) is 25.2. The third-order valence-corrected chi connectivity index (χ3v) is 10.1. The van der Waals surface area contributed by atoms with Crippen molar-refractivity contribution in [2.24, 2.45) is 5.92 Å². The minimum absolute atomic E-state index is 0.00331. The number of quaternary nitrogens is 1. The molecule has 2 heterocycles. The number of alkyl halides is 1. The van der Waals surface area contributed by atoms with Gasteiger partial charge in [-0.15, -0.1) is 0 Å². The monoisotopic (exact) mass is 627 g/mol. The van der Waals surface area contributed by atoms with E-state index >= 15 is 0 Å². The number of hydrogen-bond acceptors (Lipinski definition) is 2. The highest BCUT2D eigenvalue weighted by molar-refractivity contribution is 14.1. The molecule has 4 nitrogen and oxygen atoms in total. The van der Waals surface area contributed by atoms with Gasteiger partial charge in [0, 0.05) is 46.0 Å². The van der Waals surface area contributed by atoms with Gasteiger partial charge in [-0.2, -0.15) is 0 Å². The number of piperidine rings is 1. The number of hydrogen-bond donors (Lipinski definition) is 1. The summed E-state index contributed by atoms with van der Waals surface area (Å²) in [6.45, 7) is 3.59. The van der Waals surface area contributed by atoms with Crippen LogP contribution in [0.5, 0.6) is 11.5 Å². The van der Waals surface area contributed by atoms with E-state index in [-0.39, 0.29) is 11.9 Å². The van der Waals surface area contributed by atoms with Crippen LogP contribution in [0, 0.1) is 5.92 Å². The van der Waals surface area contributed by atoms with Gasteiger partial charge in [-0.05, 0) is 71.8 Å². The fourth-order valence-corrected chi connectivity index (χ4v) is 7.56. The molecule has 2 aromatic carbocycles. The highest BCUT2D eigenvalue weighted by Crippen LogP contribution is 2.46. The van der Waals surface area contributed by atoms with E-state index in [1.165, 1.54) is 49.6 Å². The number of nitrogens with one attached hydrogen (secondary N) is 1. The summed E-state index contributed by atoms with van der Waals surface area (Å²) in [5.74, 6) is 1.74. The summed E-state index contributed by atoms with van der Waals surface area (Å²) in [7, 11) is 0. The lowest BCUT2D eigenvalue weighted by Gasteiger charge is -2.44. The topological polar surface area (TPSA) is 38.3 Å². The molecule has 0 bridgehead atoms. The second-order valence-electron chi connectivity index (χ2n) is 10.6. The maximum atomic E-state index is 13.7. The summed E-state index contributed by atoms with van der Waals surface area (Å²) in [5, 5.41) is 4.58. The molecule has 1 aliphatic carbocycles. The lowest BCUT2D eigenvalue weighted by Crippen LogP contribution is -2.57. The van der Waals surface area contributed by atoms with Gasteiger partial charge in [-0.1, -0.05) is 48.9 Å². The molecule has 2 fully saturated rings. The van der Waals surface area contributed by atoms with Gasteiger partial charge in [0.25, 0.3) is 0 Å². The molecule has 0 spiro atoms. The quantitative estimate of drug-likeness (QED) is 0.121. The highest BCUT2D eigenvalue weighted by atomic mass is 127. The predicted octanol–water partition coefficient (Wildman–Crippen LogP) is 7.69. The third-order valence-electron chi connectivity index (χ3n) is 8.17. The summed E-state index contributed by atoms with van der Waals surface area (Å²) < 4.78 is 8.44. The van der Waals surface area contributed by atoms with Crippen molar-refractivity contribution >= 4 is 51.7 Å². The van der Waals surface area contributed by atoms with Crippen LogP contribution in [0.4, 0.5) is 0 Å². The van der Waals surface area contributed by atoms with Crippen LogP contribution in [0.1, 0.15) is 68.4 Å². The fraction of sp³-hybridized carbons (Fsp3) is 0.536. The van der Waals surface area contributed by atoms with Gasteiger partial charge in [0.15, 0.2) is 0 Å². The number of benzene rings is 2. The van der Waals surface area contributed by atoms with E-state index in [1.807, 2.05) is 24.3 Å². The van der Waals surface area contributed by atoms with Gasteiger partial charge < -0.3 is 14.5 Å². The molecule has 1 saturated carbocycles. The first-order valence-corrected chi connectivity index (χ1v) is 15.2. The van der Waals surface area contributed by atoms with E-state index < -0.39 is 5.92 Å². The molecule has 1 amide bonds. The standard InChI is InChI=1S/C28H33Cl2IN2O2/c29-20-7-9-25-23(15-20)27(24-16-21(30)8-10-26(24)35-25)28(34)32-22-11-13-33(18-31,14-12-22)17-19-5-3-1-2-4-6-19/h7-10,15-16,19,22,27H,1-6,11-14,17-18H2/p+1. The molecule has 5 rings (SSSR count). The van der Waals surface area contributed by atoms with Crippen molar-refractivity contribution in [1.29, 1.82) is 0 Å². The van der Waals surface area contributed by atoms with Crippen LogP contribution in [0.25, 0.3) is 0 Å². The van der Waals surface area contributed by atoms with E-state index in [4.69, 9.17) is 27.9 Å². The Morgan fingerprint density at radius 1 is 0.914 bits per heavy atom. The van der Waals surface area contributed by atoms with Crippen LogP contribution < -0.4 is 10.1 Å². The van der Waals surface area contributed by atoms with E-state index in [9.17, 15) is 4.79 Å². The minimum atomic E-state index is -0.483. The third kappa shape index (κ3) is 5.78. The number of carbonyl (C=O) groups excluding carboxylic acids is 1. The lowest BCUT2D eigenvalue weighted by atomic mass is 9.86. The van der Waals surface area contributed by atoms with E-state index in [0.29, 0.717) is 21.5 Å². The van der Waals surface area contributed by atoms with Crippen molar-refractivity contribution in [3.8, 4) is 11.5 Å². The highest BCUT2D eigenvalue weighted by Gasteiger charge is 2.38. The maximum absolute atomic E-state index is 13.7. The summed E-state index contributed by atoms with van der Waals surface area (Å²) in [5.41, 5.74) is 1.60.